The molecule has 2 heterocycles. The van der Waals surface area contributed by atoms with Crippen molar-refractivity contribution in [1.29, 1.82) is 0 Å². The van der Waals surface area contributed by atoms with Gasteiger partial charge in [-0.05, 0) is 24.9 Å². The van der Waals surface area contributed by atoms with Crippen LogP contribution in [0.15, 0.2) is 5.38 Å². The van der Waals surface area contributed by atoms with Crippen LogP contribution in [0.4, 0.5) is 0 Å². The number of carbonyl (C=O) groups excluding carboxylic acids is 1. The molecule has 1 aliphatic rings. The molecule has 0 spiro atoms. The van der Waals surface area contributed by atoms with E-state index < -0.39 is 0 Å². The first kappa shape index (κ1) is 10.0. The van der Waals surface area contributed by atoms with Gasteiger partial charge in [0.2, 0.25) is 5.91 Å². The summed E-state index contributed by atoms with van der Waals surface area (Å²) in [5, 5.41) is 5.87. The Morgan fingerprint density at radius 2 is 2.57 bits per heavy atom. The maximum absolute atomic E-state index is 11.7. The topological polar surface area (TPSA) is 46.1 Å². The maximum Gasteiger partial charge on any atom is 0.236 e. The molecule has 0 bridgehead atoms. The Hall–Kier alpha value is -0.490. The number of carbonyl (C=O) groups is 1. The molecule has 4 nitrogen and oxygen atoms in total. The van der Waals surface area contributed by atoms with E-state index in [0.717, 1.165) is 18.7 Å². The van der Waals surface area contributed by atoms with Crippen molar-refractivity contribution in [3.63, 3.8) is 0 Å². The third-order valence-corrected chi connectivity index (χ3v) is 3.82. The summed E-state index contributed by atoms with van der Waals surface area (Å²) >= 11 is 4.67. The average molecular weight is 276 g/mol. The molecule has 0 saturated carbocycles. The number of nitrogens with zero attached hydrogens (tertiary/aromatic N) is 3. The fourth-order valence-corrected chi connectivity index (χ4v) is 2.57. The van der Waals surface area contributed by atoms with Crippen LogP contribution in [0.3, 0.4) is 0 Å². The Morgan fingerprint density at radius 3 is 3.07 bits per heavy atom. The molecular weight excluding hydrogens is 266 g/mol. The summed E-state index contributed by atoms with van der Waals surface area (Å²) in [6, 6.07) is 0.0452. The van der Waals surface area contributed by atoms with E-state index >= 15 is 0 Å². The van der Waals surface area contributed by atoms with Gasteiger partial charge in [0.25, 0.3) is 0 Å². The molecule has 14 heavy (non-hydrogen) atoms. The van der Waals surface area contributed by atoms with Gasteiger partial charge in [-0.15, -0.1) is 5.10 Å². The third-order valence-electron chi connectivity index (χ3n) is 2.45. The molecule has 1 amide bonds. The minimum atomic E-state index is -0.0171. The van der Waals surface area contributed by atoms with Crippen LogP contribution in [-0.4, -0.2) is 31.8 Å². The van der Waals surface area contributed by atoms with Gasteiger partial charge in [-0.25, -0.2) is 0 Å². The number of hydrogen-bond acceptors (Lipinski definition) is 4. The smallest absolute Gasteiger partial charge is 0.236 e. The van der Waals surface area contributed by atoms with Gasteiger partial charge in [0.1, 0.15) is 0 Å². The summed E-state index contributed by atoms with van der Waals surface area (Å²) in [4.78, 5) is 13.5. The molecular formula is C8H10BrN3OS. The normalized spacial score (nSPS) is 24.3. The summed E-state index contributed by atoms with van der Waals surface area (Å²) in [5.41, 5.74) is 0.880. The van der Waals surface area contributed by atoms with E-state index in [1.807, 2.05) is 17.2 Å². The van der Waals surface area contributed by atoms with Crippen LogP contribution in [0.1, 0.15) is 25.1 Å². The Labute approximate surface area is 94.6 Å². The number of hydrogen-bond donors (Lipinski definition) is 0. The number of amides is 1. The van der Waals surface area contributed by atoms with Crippen molar-refractivity contribution in [2.24, 2.45) is 0 Å². The van der Waals surface area contributed by atoms with E-state index in [0.29, 0.717) is 0 Å². The summed E-state index contributed by atoms with van der Waals surface area (Å²) < 4.78 is 3.80. The van der Waals surface area contributed by atoms with Gasteiger partial charge in [-0.2, -0.15) is 0 Å². The molecule has 0 radical (unpaired) electrons. The lowest BCUT2D eigenvalue weighted by molar-refractivity contribution is -0.129. The highest BCUT2D eigenvalue weighted by Gasteiger charge is 2.33. The maximum atomic E-state index is 11.7. The van der Waals surface area contributed by atoms with Crippen LogP contribution < -0.4 is 0 Å². The summed E-state index contributed by atoms with van der Waals surface area (Å²) in [7, 11) is 0. The van der Waals surface area contributed by atoms with E-state index in [-0.39, 0.29) is 16.8 Å². The Morgan fingerprint density at radius 1 is 1.79 bits per heavy atom. The van der Waals surface area contributed by atoms with Crippen LogP contribution in [-0.2, 0) is 4.79 Å². The van der Waals surface area contributed by atoms with Crippen LogP contribution in [0.25, 0.3) is 0 Å². The summed E-state index contributed by atoms with van der Waals surface area (Å²) in [6.45, 7) is 2.78. The average Bonchev–Trinajstić information content (AvgIpc) is 2.77. The quantitative estimate of drug-likeness (QED) is 0.771. The summed E-state index contributed by atoms with van der Waals surface area (Å²) in [6.07, 6.45) is 0.876. The van der Waals surface area contributed by atoms with Crippen molar-refractivity contribution in [2.75, 3.05) is 6.54 Å². The van der Waals surface area contributed by atoms with Crippen molar-refractivity contribution in [2.45, 2.75) is 24.2 Å². The second kappa shape index (κ2) is 3.94. The fourth-order valence-electron chi connectivity index (χ4n) is 1.56. The number of alkyl halides is 1. The standard InChI is InChI=1S/C8H10BrN3OS/c1-5(7-4-14-11-10-7)12-3-2-6(9)8(12)13/h4-6H,2-3H2,1H3. The first-order valence-electron chi connectivity index (χ1n) is 4.41. The molecule has 76 valence electrons. The molecule has 1 aromatic rings. The van der Waals surface area contributed by atoms with Crippen molar-refractivity contribution in [1.82, 2.24) is 14.5 Å². The lowest BCUT2D eigenvalue weighted by Crippen LogP contribution is -2.30. The first-order valence-corrected chi connectivity index (χ1v) is 6.17. The van der Waals surface area contributed by atoms with Gasteiger partial charge < -0.3 is 4.90 Å². The van der Waals surface area contributed by atoms with E-state index in [1.165, 1.54) is 11.5 Å². The predicted octanol–water partition coefficient (Wildman–Crippen LogP) is 1.59. The Kier molecular flexibility index (Phi) is 2.83. The molecule has 2 rings (SSSR count). The van der Waals surface area contributed by atoms with Crippen LogP contribution in [0.2, 0.25) is 0 Å². The van der Waals surface area contributed by atoms with Gasteiger partial charge >= 0.3 is 0 Å². The zero-order valence-corrected chi connectivity index (χ0v) is 10.1. The zero-order valence-electron chi connectivity index (χ0n) is 7.68. The Bertz CT molecular complexity index is 329. The third kappa shape index (κ3) is 1.68. The molecule has 0 N–H and O–H groups in total. The number of halogens is 1. The van der Waals surface area contributed by atoms with E-state index in [4.69, 9.17) is 0 Å². The van der Waals surface area contributed by atoms with Crippen LogP contribution in [0.5, 0.6) is 0 Å². The molecule has 2 atom stereocenters. The van der Waals surface area contributed by atoms with Crippen molar-refractivity contribution >= 4 is 33.4 Å². The molecule has 6 heteroatoms. The van der Waals surface area contributed by atoms with E-state index in [2.05, 4.69) is 25.5 Å². The van der Waals surface area contributed by atoms with Crippen LogP contribution >= 0.6 is 27.5 Å². The molecule has 1 fully saturated rings. The van der Waals surface area contributed by atoms with Crippen molar-refractivity contribution in [3.8, 4) is 0 Å². The minimum absolute atomic E-state index is 0.0171. The monoisotopic (exact) mass is 275 g/mol. The summed E-state index contributed by atoms with van der Waals surface area (Å²) in [5.74, 6) is 0.158. The highest BCUT2D eigenvalue weighted by atomic mass is 79.9. The van der Waals surface area contributed by atoms with Crippen molar-refractivity contribution < 1.29 is 4.79 Å². The number of likely N-dealkylation sites (tertiary alicyclic amines) is 1. The zero-order chi connectivity index (χ0) is 10.1. The Balaban J connectivity index is 2.13. The van der Waals surface area contributed by atoms with Gasteiger partial charge in [-0.1, -0.05) is 20.4 Å². The molecule has 1 saturated heterocycles. The van der Waals surface area contributed by atoms with Crippen LogP contribution in [0, 0.1) is 0 Å². The fraction of sp³-hybridized carbons (Fsp3) is 0.625. The molecule has 1 aliphatic heterocycles. The molecule has 0 aliphatic carbocycles. The number of rotatable bonds is 2. The largest absolute Gasteiger partial charge is 0.333 e. The second-order valence-electron chi connectivity index (χ2n) is 3.29. The number of aromatic nitrogens is 2. The van der Waals surface area contributed by atoms with E-state index in [1.54, 1.807) is 0 Å². The highest BCUT2D eigenvalue weighted by molar-refractivity contribution is 9.10. The van der Waals surface area contributed by atoms with E-state index in [9.17, 15) is 4.79 Å². The lowest BCUT2D eigenvalue weighted by atomic mass is 10.2. The predicted molar refractivity (Wildman–Crippen MR) is 57.4 cm³/mol. The SMILES string of the molecule is CC(c1csnn1)N1CCC(Br)C1=O. The highest BCUT2D eigenvalue weighted by Crippen LogP contribution is 2.27. The van der Waals surface area contributed by atoms with Gasteiger partial charge in [0.05, 0.1) is 16.6 Å². The molecule has 1 aromatic heterocycles. The lowest BCUT2D eigenvalue weighted by Gasteiger charge is -2.22. The van der Waals surface area contributed by atoms with Gasteiger partial charge in [0.15, 0.2) is 0 Å². The van der Waals surface area contributed by atoms with Crippen molar-refractivity contribution in [3.05, 3.63) is 11.1 Å². The molecule has 0 aromatic carbocycles. The first-order chi connectivity index (χ1) is 6.70. The second-order valence-corrected chi connectivity index (χ2v) is 5.01. The van der Waals surface area contributed by atoms with Gasteiger partial charge in [-0.3, -0.25) is 4.79 Å². The molecule has 2 unspecified atom stereocenters. The van der Waals surface area contributed by atoms with Gasteiger partial charge in [0, 0.05) is 11.9 Å². The minimum Gasteiger partial charge on any atom is -0.333 e.